The SMILES string of the molecule is CC(CN(C)C(=O)c1ccc[nH]c1=O)C(=O)O. The van der Waals surface area contributed by atoms with Gasteiger partial charge in [0, 0.05) is 19.8 Å². The Kier molecular flexibility index (Phi) is 4.03. The lowest BCUT2D eigenvalue weighted by Crippen LogP contribution is -2.36. The van der Waals surface area contributed by atoms with Gasteiger partial charge in [0.25, 0.3) is 11.5 Å². The molecule has 1 unspecified atom stereocenters. The summed E-state index contributed by atoms with van der Waals surface area (Å²) in [6.45, 7) is 1.56. The molecule has 0 radical (unpaired) electrons. The Bertz CT molecular complexity index is 480. The van der Waals surface area contributed by atoms with Crippen LogP contribution >= 0.6 is 0 Å². The Morgan fingerprint density at radius 2 is 2.18 bits per heavy atom. The molecule has 17 heavy (non-hydrogen) atoms. The average molecular weight is 238 g/mol. The molecule has 1 aromatic heterocycles. The summed E-state index contributed by atoms with van der Waals surface area (Å²) in [6.07, 6.45) is 1.43. The second-order valence-corrected chi connectivity index (χ2v) is 3.84. The van der Waals surface area contributed by atoms with Crippen molar-refractivity contribution in [2.24, 2.45) is 5.92 Å². The molecule has 92 valence electrons. The minimum atomic E-state index is -0.980. The molecule has 1 atom stereocenters. The highest BCUT2D eigenvalue weighted by Crippen LogP contribution is 2.02. The minimum Gasteiger partial charge on any atom is -0.481 e. The zero-order valence-corrected chi connectivity index (χ0v) is 9.64. The molecule has 0 bridgehead atoms. The van der Waals surface area contributed by atoms with Gasteiger partial charge in [-0.3, -0.25) is 14.4 Å². The maximum absolute atomic E-state index is 11.8. The third-order valence-corrected chi connectivity index (χ3v) is 2.36. The molecule has 1 amide bonds. The Balaban J connectivity index is 2.81. The number of pyridine rings is 1. The molecule has 0 saturated carbocycles. The van der Waals surface area contributed by atoms with Crippen molar-refractivity contribution in [2.75, 3.05) is 13.6 Å². The molecule has 0 aliphatic carbocycles. The van der Waals surface area contributed by atoms with E-state index in [1.165, 1.54) is 31.1 Å². The Hall–Kier alpha value is -2.11. The summed E-state index contributed by atoms with van der Waals surface area (Å²) >= 11 is 0. The van der Waals surface area contributed by atoms with Crippen molar-refractivity contribution in [1.82, 2.24) is 9.88 Å². The van der Waals surface area contributed by atoms with E-state index in [1.807, 2.05) is 0 Å². The van der Waals surface area contributed by atoms with Crippen molar-refractivity contribution in [2.45, 2.75) is 6.92 Å². The number of rotatable bonds is 4. The first-order chi connectivity index (χ1) is 7.93. The number of nitrogens with one attached hydrogen (secondary N) is 1. The lowest BCUT2D eigenvalue weighted by Gasteiger charge is -2.18. The molecule has 1 heterocycles. The van der Waals surface area contributed by atoms with Crippen LogP contribution in [0.4, 0.5) is 0 Å². The fourth-order valence-electron chi connectivity index (χ4n) is 1.37. The van der Waals surface area contributed by atoms with Crippen molar-refractivity contribution in [3.63, 3.8) is 0 Å². The van der Waals surface area contributed by atoms with E-state index in [0.29, 0.717) is 0 Å². The Labute approximate surface area is 97.9 Å². The zero-order chi connectivity index (χ0) is 13.0. The van der Waals surface area contributed by atoms with Gasteiger partial charge in [0.1, 0.15) is 5.56 Å². The van der Waals surface area contributed by atoms with E-state index in [-0.39, 0.29) is 12.1 Å². The van der Waals surface area contributed by atoms with Gasteiger partial charge in [-0.1, -0.05) is 6.92 Å². The van der Waals surface area contributed by atoms with Gasteiger partial charge in [-0.25, -0.2) is 0 Å². The van der Waals surface area contributed by atoms with Gasteiger partial charge in [-0.15, -0.1) is 0 Å². The van der Waals surface area contributed by atoms with E-state index in [1.54, 1.807) is 6.07 Å². The minimum absolute atomic E-state index is 0.00703. The second kappa shape index (κ2) is 5.29. The molecular formula is C11H14N2O4. The van der Waals surface area contributed by atoms with Crippen LogP contribution in [0.15, 0.2) is 23.1 Å². The highest BCUT2D eigenvalue weighted by atomic mass is 16.4. The van der Waals surface area contributed by atoms with Gasteiger partial charge in [0.2, 0.25) is 0 Å². The van der Waals surface area contributed by atoms with Crippen LogP contribution in [0.25, 0.3) is 0 Å². The van der Waals surface area contributed by atoms with Gasteiger partial charge in [0.05, 0.1) is 5.92 Å². The molecule has 0 aromatic carbocycles. The van der Waals surface area contributed by atoms with E-state index >= 15 is 0 Å². The number of carboxylic acids is 1. The summed E-state index contributed by atoms with van der Waals surface area (Å²) in [4.78, 5) is 37.5. The first-order valence-corrected chi connectivity index (χ1v) is 5.09. The van der Waals surface area contributed by atoms with Crippen molar-refractivity contribution in [1.29, 1.82) is 0 Å². The lowest BCUT2D eigenvalue weighted by atomic mass is 10.1. The molecule has 0 aliphatic heterocycles. The summed E-state index contributed by atoms with van der Waals surface area (Å²) < 4.78 is 0. The molecule has 1 rings (SSSR count). The van der Waals surface area contributed by atoms with E-state index in [0.717, 1.165) is 0 Å². The van der Waals surface area contributed by atoms with Crippen molar-refractivity contribution >= 4 is 11.9 Å². The van der Waals surface area contributed by atoms with Gasteiger partial charge in [0.15, 0.2) is 0 Å². The number of hydrogen-bond acceptors (Lipinski definition) is 3. The Morgan fingerprint density at radius 3 is 2.71 bits per heavy atom. The van der Waals surface area contributed by atoms with Crippen molar-refractivity contribution in [3.8, 4) is 0 Å². The number of carboxylic acid groups (broad SMARTS) is 1. The average Bonchev–Trinajstić information content (AvgIpc) is 2.28. The largest absolute Gasteiger partial charge is 0.481 e. The zero-order valence-electron chi connectivity index (χ0n) is 9.64. The number of carbonyl (C=O) groups excluding carboxylic acids is 1. The smallest absolute Gasteiger partial charge is 0.308 e. The highest BCUT2D eigenvalue weighted by Gasteiger charge is 2.19. The van der Waals surface area contributed by atoms with Gasteiger partial charge in [-0.2, -0.15) is 0 Å². The first kappa shape index (κ1) is 13.0. The van der Waals surface area contributed by atoms with Crippen LogP contribution < -0.4 is 5.56 Å². The molecule has 0 spiro atoms. The van der Waals surface area contributed by atoms with Crippen LogP contribution in [0.2, 0.25) is 0 Å². The maximum atomic E-state index is 11.8. The monoisotopic (exact) mass is 238 g/mol. The summed E-state index contributed by atoms with van der Waals surface area (Å²) in [5.74, 6) is -2.14. The number of nitrogens with zero attached hydrogens (tertiary/aromatic N) is 1. The van der Waals surface area contributed by atoms with E-state index in [9.17, 15) is 14.4 Å². The standard InChI is InChI=1S/C11H14N2O4/c1-7(11(16)17)6-13(2)10(15)8-4-3-5-12-9(8)14/h3-5,7H,6H2,1-2H3,(H,12,14)(H,16,17). The summed E-state index contributed by atoms with van der Waals surface area (Å²) in [5, 5.41) is 8.73. The number of aromatic nitrogens is 1. The molecule has 1 aromatic rings. The van der Waals surface area contributed by atoms with Gasteiger partial charge >= 0.3 is 5.97 Å². The van der Waals surface area contributed by atoms with Crippen LogP contribution in [0.5, 0.6) is 0 Å². The van der Waals surface area contributed by atoms with Crippen LogP contribution in [0.1, 0.15) is 17.3 Å². The van der Waals surface area contributed by atoms with Crippen LogP contribution in [-0.2, 0) is 4.79 Å². The van der Waals surface area contributed by atoms with Crippen LogP contribution in [-0.4, -0.2) is 40.5 Å². The van der Waals surface area contributed by atoms with E-state index in [2.05, 4.69) is 4.98 Å². The normalized spacial score (nSPS) is 11.9. The number of aromatic amines is 1. The maximum Gasteiger partial charge on any atom is 0.308 e. The number of amides is 1. The molecule has 6 nitrogen and oxygen atoms in total. The highest BCUT2D eigenvalue weighted by molar-refractivity contribution is 5.93. The number of aliphatic carboxylic acids is 1. The topological polar surface area (TPSA) is 90.5 Å². The molecule has 0 fully saturated rings. The number of carbonyl (C=O) groups is 2. The summed E-state index contributed by atoms with van der Waals surface area (Å²) in [7, 11) is 1.47. The van der Waals surface area contributed by atoms with Crippen molar-refractivity contribution < 1.29 is 14.7 Å². The van der Waals surface area contributed by atoms with Crippen LogP contribution in [0, 0.1) is 5.92 Å². The molecule has 2 N–H and O–H groups in total. The van der Waals surface area contributed by atoms with E-state index in [4.69, 9.17) is 5.11 Å². The molecule has 6 heteroatoms. The molecule has 0 aliphatic rings. The van der Waals surface area contributed by atoms with Gasteiger partial charge < -0.3 is 15.0 Å². The first-order valence-electron chi connectivity index (χ1n) is 5.09. The molecule has 0 saturated heterocycles. The number of H-pyrrole nitrogens is 1. The second-order valence-electron chi connectivity index (χ2n) is 3.84. The quantitative estimate of drug-likeness (QED) is 0.782. The fourth-order valence-corrected chi connectivity index (χ4v) is 1.37. The molecular weight excluding hydrogens is 224 g/mol. The third-order valence-electron chi connectivity index (χ3n) is 2.36. The summed E-state index contributed by atoms with van der Waals surface area (Å²) in [5.41, 5.74) is -0.472. The third kappa shape index (κ3) is 3.17. The number of hydrogen-bond donors (Lipinski definition) is 2. The van der Waals surface area contributed by atoms with Crippen LogP contribution in [0.3, 0.4) is 0 Å². The lowest BCUT2D eigenvalue weighted by molar-refractivity contribution is -0.141. The van der Waals surface area contributed by atoms with E-state index < -0.39 is 23.4 Å². The predicted molar refractivity (Wildman–Crippen MR) is 60.8 cm³/mol. The van der Waals surface area contributed by atoms with Crippen molar-refractivity contribution in [3.05, 3.63) is 34.2 Å². The summed E-state index contributed by atoms with van der Waals surface area (Å²) in [6, 6.07) is 2.95. The predicted octanol–water partition coefficient (Wildman–Crippen LogP) is 0.168. The van der Waals surface area contributed by atoms with Gasteiger partial charge in [-0.05, 0) is 12.1 Å². The Morgan fingerprint density at radius 1 is 1.53 bits per heavy atom. The fraction of sp³-hybridized carbons (Fsp3) is 0.364.